The maximum Gasteiger partial charge on any atom is 0.410 e. The summed E-state index contributed by atoms with van der Waals surface area (Å²) in [7, 11) is 1.50. The zero-order chi connectivity index (χ0) is 30.3. The summed E-state index contributed by atoms with van der Waals surface area (Å²) < 4.78 is 12.6. The van der Waals surface area contributed by atoms with Gasteiger partial charge >= 0.3 is 6.09 Å². The second-order valence-corrected chi connectivity index (χ2v) is 12.1. The van der Waals surface area contributed by atoms with Crippen LogP contribution < -0.4 is 25.8 Å². The van der Waals surface area contributed by atoms with Crippen molar-refractivity contribution < 1.29 is 19.1 Å². The Morgan fingerprint density at radius 3 is 2.50 bits per heavy atom. The minimum atomic E-state index is -0.551. The molecule has 0 aliphatic carbocycles. The van der Waals surface area contributed by atoms with Gasteiger partial charge in [-0.3, -0.25) is 19.1 Å². The van der Waals surface area contributed by atoms with Gasteiger partial charge in [0.1, 0.15) is 16.3 Å². The van der Waals surface area contributed by atoms with Gasteiger partial charge in [0, 0.05) is 31.6 Å². The Balaban J connectivity index is 1.37. The first-order chi connectivity index (χ1) is 19.8. The number of nitrogens with zero attached hydrogens (tertiary/aromatic N) is 6. The Bertz CT molecular complexity index is 1570. The second-order valence-electron chi connectivity index (χ2n) is 11.7. The van der Waals surface area contributed by atoms with Crippen molar-refractivity contribution in [1.29, 1.82) is 0 Å². The van der Waals surface area contributed by atoms with E-state index in [2.05, 4.69) is 25.6 Å². The number of pyridine rings is 2. The van der Waals surface area contributed by atoms with Gasteiger partial charge in [-0.05, 0) is 53.2 Å². The van der Waals surface area contributed by atoms with Gasteiger partial charge in [0.15, 0.2) is 18.2 Å². The van der Waals surface area contributed by atoms with Crippen molar-refractivity contribution in [3.8, 4) is 5.75 Å². The van der Waals surface area contributed by atoms with E-state index >= 15 is 0 Å². The average molecular weight is 599 g/mol. The van der Waals surface area contributed by atoms with Crippen LogP contribution in [0, 0.1) is 0 Å². The number of hydrogen-bond donors (Lipinski definition) is 2. The lowest BCUT2D eigenvalue weighted by molar-refractivity contribution is -0.122. The summed E-state index contributed by atoms with van der Waals surface area (Å²) in [6.45, 7) is 10.2. The maximum absolute atomic E-state index is 13.1. The molecule has 3 fully saturated rings. The van der Waals surface area contributed by atoms with E-state index in [1.165, 1.54) is 17.8 Å². The summed E-state index contributed by atoms with van der Waals surface area (Å²) >= 11 is 6.47. The number of rotatable bonds is 7. The number of carbonyl (C=O) groups excluding carboxylic acids is 2. The van der Waals surface area contributed by atoms with Crippen molar-refractivity contribution in [2.45, 2.75) is 64.8 Å². The lowest BCUT2D eigenvalue weighted by Crippen LogP contribution is -2.70. The van der Waals surface area contributed by atoms with Crippen LogP contribution in [0.15, 0.2) is 29.3 Å². The molecule has 13 nitrogen and oxygen atoms in total. The van der Waals surface area contributed by atoms with E-state index in [0.29, 0.717) is 46.6 Å². The Kier molecular flexibility index (Phi) is 7.88. The number of nitrogens with one attached hydrogen (secondary N) is 2. The number of amides is 2. The van der Waals surface area contributed by atoms with Gasteiger partial charge in [-0.1, -0.05) is 11.6 Å². The predicted molar refractivity (Wildman–Crippen MR) is 159 cm³/mol. The number of piperazine rings is 1. The van der Waals surface area contributed by atoms with Gasteiger partial charge in [0.25, 0.3) is 11.5 Å². The Hall–Kier alpha value is -4.13. The Morgan fingerprint density at radius 1 is 1.14 bits per heavy atom. The molecule has 6 heterocycles. The van der Waals surface area contributed by atoms with Crippen molar-refractivity contribution in [3.63, 3.8) is 0 Å². The van der Waals surface area contributed by atoms with E-state index < -0.39 is 5.60 Å². The van der Waals surface area contributed by atoms with Crippen molar-refractivity contribution in [2.24, 2.45) is 0 Å². The van der Waals surface area contributed by atoms with Crippen LogP contribution >= 0.6 is 11.6 Å². The highest BCUT2D eigenvalue weighted by molar-refractivity contribution is 6.32. The summed E-state index contributed by atoms with van der Waals surface area (Å²) in [6.07, 6.45) is 3.75. The number of hydrogen-bond acceptors (Lipinski definition) is 10. The maximum atomic E-state index is 13.1. The summed E-state index contributed by atoms with van der Waals surface area (Å²) in [5.41, 5.74) is 0.134. The van der Waals surface area contributed by atoms with Crippen LogP contribution in [-0.2, 0) is 9.53 Å². The minimum Gasteiger partial charge on any atom is -0.478 e. The molecule has 224 valence electrons. The molecule has 0 aromatic carbocycles. The first-order valence-corrected chi connectivity index (χ1v) is 14.2. The highest BCUT2D eigenvalue weighted by atomic mass is 35.5. The average Bonchev–Trinajstić information content (AvgIpc) is 2.91. The fourth-order valence-electron chi connectivity index (χ4n) is 5.19. The van der Waals surface area contributed by atoms with Crippen LogP contribution in [0.1, 0.15) is 47.1 Å². The smallest absolute Gasteiger partial charge is 0.410 e. The lowest BCUT2D eigenvalue weighted by Gasteiger charge is -2.55. The molecule has 42 heavy (non-hydrogen) atoms. The topological polar surface area (TPSA) is 144 Å². The third kappa shape index (κ3) is 5.91. The molecule has 2 atom stereocenters. The van der Waals surface area contributed by atoms with Gasteiger partial charge in [0.2, 0.25) is 5.95 Å². The molecule has 2 bridgehead atoms. The van der Waals surface area contributed by atoms with Crippen LogP contribution in [0.4, 0.5) is 22.2 Å². The largest absolute Gasteiger partial charge is 0.478 e. The fourth-order valence-corrected chi connectivity index (χ4v) is 5.32. The zero-order valence-electron chi connectivity index (χ0n) is 24.5. The molecule has 6 rings (SSSR count). The van der Waals surface area contributed by atoms with Crippen LogP contribution in [0.5, 0.6) is 5.75 Å². The zero-order valence-corrected chi connectivity index (χ0v) is 25.2. The van der Waals surface area contributed by atoms with Gasteiger partial charge in [-0.25, -0.2) is 14.8 Å². The molecule has 0 radical (unpaired) electrons. The van der Waals surface area contributed by atoms with Gasteiger partial charge in [0.05, 0.1) is 30.2 Å². The molecule has 3 aromatic rings. The van der Waals surface area contributed by atoms with Crippen LogP contribution in [0.25, 0.3) is 11.0 Å². The Morgan fingerprint density at radius 2 is 1.86 bits per heavy atom. The van der Waals surface area contributed by atoms with Crippen molar-refractivity contribution in [3.05, 3.63) is 39.9 Å². The van der Waals surface area contributed by atoms with E-state index in [-0.39, 0.29) is 48.0 Å². The monoisotopic (exact) mass is 598 g/mol. The van der Waals surface area contributed by atoms with Crippen molar-refractivity contribution in [1.82, 2.24) is 29.7 Å². The molecule has 3 aliphatic heterocycles. The van der Waals surface area contributed by atoms with Crippen LogP contribution in [0.3, 0.4) is 0 Å². The van der Waals surface area contributed by atoms with Gasteiger partial charge < -0.3 is 25.0 Å². The highest BCUT2D eigenvalue weighted by Crippen LogP contribution is 2.36. The number of anilines is 3. The summed E-state index contributed by atoms with van der Waals surface area (Å²) in [5, 5.41) is 6.63. The van der Waals surface area contributed by atoms with Crippen molar-refractivity contribution in [2.75, 3.05) is 37.0 Å². The van der Waals surface area contributed by atoms with Crippen LogP contribution in [-0.4, -0.2) is 80.8 Å². The molecule has 14 heteroatoms. The fraction of sp³-hybridized carbons (Fsp3) is 0.500. The van der Waals surface area contributed by atoms with Crippen molar-refractivity contribution >= 4 is 52.1 Å². The molecule has 0 spiro atoms. The van der Waals surface area contributed by atoms with E-state index in [1.54, 1.807) is 23.2 Å². The summed E-state index contributed by atoms with van der Waals surface area (Å²) in [6, 6.07) is 3.23. The number of fused-ring (bicyclic) bond motifs is 3. The number of likely N-dealkylation sites (N-methyl/N-ethyl adjacent to an activating group) is 1. The molecule has 2 unspecified atom stereocenters. The molecule has 2 N–H and O–H groups in total. The molecule has 0 saturated carbocycles. The van der Waals surface area contributed by atoms with E-state index in [1.807, 2.05) is 39.5 Å². The predicted octanol–water partition coefficient (Wildman–Crippen LogP) is 3.49. The molecule has 2 amide bonds. The number of ether oxygens (including phenoxy) is 2. The highest BCUT2D eigenvalue weighted by Gasteiger charge is 2.49. The minimum absolute atomic E-state index is 0.0253. The number of halogens is 1. The number of aromatic nitrogens is 4. The molecular weight excluding hydrogens is 564 g/mol. The first kappa shape index (κ1) is 29.4. The number of piperidine rings is 1. The summed E-state index contributed by atoms with van der Waals surface area (Å²) in [5.74, 6) is 0.578. The molecule has 3 aromatic heterocycles. The molecule has 3 saturated heterocycles. The normalized spacial score (nSPS) is 18.1. The van der Waals surface area contributed by atoms with Gasteiger partial charge in [-0.2, -0.15) is 4.98 Å². The van der Waals surface area contributed by atoms with E-state index in [0.717, 1.165) is 6.42 Å². The van der Waals surface area contributed by atoms with Gasteiger partial charge in [-0.15, -0.1) is 0 Å². The quantitative estimate of drug-likeness (QED) is 0.415. The third-order valence-electron chi connectivity index (χ3n) is 7.07. The third-order valence-corrected chi connectivity index (χ3v) is 7.34. The number of carbonyl (C=O) groups is 2. The standard InChI is InChI=1S/C28H35ClN8O5/c1-15(2)36-24-16(8-21(25(36)39)41-14-22(38)30-6)7-17(10-31-24)33-23-20(29)11-32-26(34-23)35-12-18-9-19(13-35)37(18)27(40)42-28(3,4)5/h7-8,10-11,15,18-19H,9,12-14H2,1-6H3,(H,30,38)(H,32,33,34). The first-order valence-electron chi connectivity index (χ1n) is 13.8. The second kappa shape index (κ2) is 11.3. The molecule has 3 aliphatic rings. The van der Waals surface area contributed by atoms with E-state index in [9.17, 15) is 14.4 Å². The molecular formula is C28H35ClN8O5. The Labute approximate surface area is 248 Å². The van der Waals surface area contributed by atoms with Crippen LogP contribution in [0.2, 0.25) is 5.02 Å². The lowest BCUT2D eigenvalue weighted by atomic mass is 9.88. The SMILES string of the molecule is CNC(=O)COc1cc2cc(Nc3nc(N4CC5CC(C4)N5C(=O)OC(C)(C)C)ncc3Cl)cnc2n(C(C)C)c1=O. The van der Waals surface area contributed by atoms with E-state index in [4.69, 9.17) is 21.1 Å². The summed E-state index contributed by atoms with van der Waals surface area (Å²) in [4.78, 5) is 54.9.